The number of nitro benzene ring substituents is 1. The lowest BCUT2D eigenvalue weighted by Crippen LogP contribution is -2.32. The summed E-state index contributed by atoms with van der Waals surface area (Å²) in [5.41, 5.74) is 0.470. The molecule has 0 fully saturated rings. The summed E-state index contributed by atoms with van der Waals surface area (Å²) in [5, 5.41) is 12.0. The number of benzene rings is 2. The Morgan fingerprint density at radius 3 is 2.68 bits per heavy atom. The molecule has 1 amide bonds. The summed E-state index contributed by atoms with van der Waals surface area (Å²) in [6, 6.07) is 9.88. The molecule has 2 heterocycles. The molecule has 3 aromatic rings. The molecule has 1 aliphatic heterocycles. The van der Waals surface area contributed by atoms with Gasteiger partial charge in [-0.15, -0.1) is 0 Å². The second-order valence-electron chi connectivity index (χ2n) is 7.72. The molecule has 0 unspecified atom stereocenters. The Bertz CT molecular complexity index is 1250. The molecule has 2 aromatic carbocycles. The number of non-ortho nitro benzene ring substituents is 1. The zero-order valence-corrected chi connectivity index (χ0v) is 17.8. The molecule has 160 valence electrons. The molecule has 4 rings (SSSR count). The number of carbonyl (C=O) groups is 1. The molecule has 0 bridgehead atoms. The van der Waals surface area contributed by atoms with E-state index in [4.69, 9.17) is 16.0 Å². The summed E-state index contributed by atoms with van der Waals surface area (Å²) >= 11 is 6.07. The van der Waals surface area contributed by atoms with E-state index in [1.165, 1.54) is 18.2 Å². The van der Waals surface area contributed by atoms with Gasteiger partial charge in [0.25, 0.3) is 11.6 Å². The second-order valence-corrected chi connectivity index (χ2v) is 8.16. The van der Waals surface area contributed by atoms with Gasteiger partial charge < -0.3 is 14.2 Å². The van der Waals surface area contributed by atoms with Crippen molar-refractivity contribution in [1.29, 1.82) is 0 Å². The van der Waals surface area contributed by atoms with Crippen LogP contribution in [0.3, 0.4) is 0 Å². The quantitative estimate of drug-likeness (QED) is 0.425. The molecule has 1 atom stereocenters. The summed E-state index contributed by atoms with van der Waals surface area (Å²) in [6.45, 7) is 1.10. The first-order valence-corrected chi connectivity index (χ1v) is 10.1. The van der Waals surface area contributed by atoms with Gasteiger partial charge in [0.2, 0.25) is 5.76 Å². The smallest absolute Gasteiger partial charge is 0.290 e. The van der Waals surface area contributed by atoms with Crippen molar-refractivity contribution in [2.24, 2.45) is 0 Å². The van der Waals surface area contributed by atoms with Gasteiger partial charge in [0.05, 0.1) is 21.9 Å². The van der Waals surface area contributed by atoms with Crippen LogP contribution in [0.4, 0.5) is 5.69 Å². The maximum absolute atomic E-state index is 13.4. The summed E-state index contributed by atoms with van der Waals surface area (Å²) in [7, 11) is 3.86. The van der Waals surface area contributed by atoms with Crippen molar-refractivity contribution >= 4 is 34.2 Å². The molecule has 0 saturated carbocycles. The first-order chi connectivity index (χ1) is 14.8. The molecule has 1 aliphatic rings. The maximum atomic E-state index is 13.4. The molecule has 0 aliphatic carbocycles. The van der Waals surface area contributed by atoms with E-state index in [0.717, 1.165) is 6.54 Å². The van der Waals surface area contributed by atoms with Gasteiger partial charge in [-0.3, -0.25) is 19.7 Å². The molecule has 9 heteroatoms. The zero-order chi connectivity index (χ0) is 22.3. The molecule has 1 aromatic heterocycles. The number of fused-ring (bicyclic) bond motifs is 2. The SMILES string of the molecule is CN(C)CCCN1C(=O)c2oc3ccc(Cl)cc3c(=O)c2[C@@H]1c1cccc([N+](=O)[O-])c1. The van der Waals surface area contributed by atoms with E-state index >= 15 is 0 Å². The number of halogens is 1. The minimum Gasteiger partial charge on any atom is -0.450 e. The highest BCUT2D eigenvalue weighted by Gasteiger charge is 2.42. The summed E-state index contributed by atoms with van der Waals surface area (Å²) in [4.78, 5) is 41.0. The molecule has 8 nitrogen and oxygen atoms in total. The number of hydrogen-bond donors (Lipinski definition) is 0. The lowest BCUT2D eigenvalue weighted by Gasteiger charge is -2.25. The second kappa shape index (κ2) is 8.13. The monoisotopic (exact) mass is 441 g/mol. The van der Waals surface area contributed by atoms with Gasteiger partial charge in [-0.25, -0.2) is 0 Å². The molecule has 0 saturated heterocycles. The predicted octanol–water partition coefficient (Wildman–Crippen LogP) is 3.85. The van der Waals surface area contributed by atoms with Crippen molar-refractivity contribution in [2.45, 2.75) is 12.5 Å². The highest BCUT2D eigenvalue weighted by atomic mass is 35.5. The van der Waals surface area contributed by atoms with Gasteiger partial charge in [-0.05, 0) is 50.8 Å². The van der Waals surface area contributed by atoms with Crippen LogP contribution in [0, 0.1) is 10.1 Å². The average molecular weight is 442 g/mol. The highest BCUT2D eigenvalue weighted by Crippen LogP contribution is 2.39. The van der Waals surface area contributed by atoms with Gasteiger partial charge in [0.15, 0.2) is 5.43 Å². The van der Waals surface area contributed by atoms with Gasteiger partial charge >= 0.3 is 0 Å². The normalized spacial score (nSPS) is 15.7. The third kappa shape index (κ3) is 3.80. The Labute approximate surface area is 182 Å². The molecular formula is C22H20ClN3O5. The molecule has 0 spiro atoms. The predicted molar refractivity (Wildman–Crippen MR) is 117 cm³/mol. The van der Waals surface area contributed by atoms with Crippen LogP contribution in [-0.4, -0.2) is 47.8 Å². The van der Waals surface area contributed by atoms with E-state index in [1.807, 2.05) is 19.0 Å². The number of nitrogens with zero attached hydrogens (tertiary/aromatic N) is 3. The largest absolute Gasteiger partial charge is 0.450 e. The van der Waals surface area contributed by atoms with Crippen LogP contribution in [0.15, 0.2) is 51.7 Å². The van der Waals surface area contributed by atoms with E-state index in [2.05, 4.69) is 0 Å². The number of hydrogen-bond acceptors (Lipinski definition) is 6. The Morgan fingerprint density at radius 2 is 1.97 bits per heavy atom. The van der Waals surface area contributed by atoms with Crippen molar-refractivity contribution in [3.63, 3.8) is 0 Å². The van der Waals surface area contributed by atoms with E-state index in [-0.39, 0.29) is 33.4 Å². The first kappa shape index (κ1) is 21.0. The van der Waals surface area contributed by atoms with E-state index in [1.54, 1.807) is 29.2 Å². The Morgan fingerprint density at radius 1 is 1.19 bits per heavy atom. The standard InChI is InChI=1S/C22H20ClN3O5/c1-24(2)9-4-10-25-19(13-5-3-6-15(11-13)26(29)30)18-20(27)16-12-14(23)7-8-17(16)31-21(18)22(25)28/h3,5-8,11-12,19H,4,9-10H2,1-2H3/t19-/m0/s1. The minimum atomic E-state index is -0.774. The van der Waals surface area contributed by atoms with Crippen molar-refractivity contribution < 1.29 is 14.1 Å². The fourth-order valence-corrected chi connectivity index (χ4v) is 4.11. The van der Waals surface area contributed by atoms with Crippen molar-refractivity contribution in [2.75, 3.05) is 27.2 Å². The van der Waals surface area contributed by atoms with Crippen LogP contribution in [-0.2, 0) is 0 Å². The molecular weight excluding hydrogens is 422 g/mol. The Hall–Kier alpha value is -3.23. The summed E-state index contributed by atoms with van der Waals surface area (Å²) < 4.78 is 5.85. The fraction of sp³-hybridized carbons (Fsp3) is 0.273. The van der Waals surface area contributed by atoms with Crippen LogP contribution in [0.2, 0.25) is 5.02 Å². The topological polar surface area (TPSA) is 96.9 Å². The highest BCUT2D eigenvalue weighted by molar-refractivity contribution is 6.31. The van der Waals surface area contributed by atoms with Crippen LogP contribution in [0.25, 0.3) is 11.0 Å². The lowest BCUT2D eigenvalue weighted by atomic mass is 9.98. The molecule has 0 radical (unpaired) electrons. The van der Waals surface area contributed by atoms with Crippen LogP contribution in [0.1, 0.15) is 34.1 Å². The van der Waals surface area contributed by atoms with Crippen LogP contribution < -0.4 is 5.43 Å². The minimum absolute atomic E-state index is 0.0267. The first-order valence-electron chi connectivity index (χ1n) is 9.74. The van der Waals surface area contributed by atoms with Gasteiger partial charge in [-0.2, -0.15) is 0 Å². The summed E-state index contributed by atoms with van der Waals surface area (Å²) in [5.74, 6) is -0.430. The number of amides is 1. The number of carbonyl (C=O) groups excluding carboxylic acids is 1. The third-order valence-corrected chi connectivity index (χ3v) is 5.56. The third-order valence-electron chi connectivity index (χ3n) is 5.33. The van der Waals surface area contributed by atoms with E-state index in [0.29, 0.717) is 23.6 Å². The van der Waals surface area contributed by atoms with Crippen molar-refractivity contribution in [3.8, 4) is 0 Å². The lowest BCUT2D eigenvalue weighted by molar-refractivity contribution is -0.384. The number of rotatable bonds is 6. The van der Waals surface area contributed by atoms with Gasteiger partial charge in [-0.1, -0.05) is 23.7 Å². The van der Waals surface area contributed by atoms with Gasteiger partial charge in [0.1, 0.15) is 5.58 Å². The molecule has 31 heavy (non-hydrogen) atoms. The van der Waals surface area contributed by atoms with E-state index < -0.39 is 16.9 Å². The zero-order valence-electron chi connectivity index (χ0n) is 17.0. The average Bonchev–Trinajstić information content (AvgIpc) is 3.01. The Kier molecular flexibility index (Phi) is 5.51. The molecule has 0 N–H and O–H groups in total. The van der Waals surface area contributed by atoms with Crippen molar-refractivity contribution in [1.82, 2.24) is 9.80 Å². The van der Waals surface area contributed by atoms with Gasteiger partial charge in [0, 0.05) is 23.7 Å². The fourth-order valence-electron chi connectivity index (χ4n) is 3.94. The number of nitro groups is 1. The maximum Gasteiger partial charge on any atom is 0.290 e. The Balaban J connectivity index is 1.90. The van der Waals surface area contributed by atoms with Crippen LogP contribution >= 0.6 is 11.6 Å². The van der Waals surface area contributed by atoms with Crippen LogP contribution in [0.5, 0.6) is 0 Å². The van der Waals surface area contributed by atoms with Crippen molar-refractivity contribution in [3.05, 3.63) is 84.7 Å². The van der Waals surface area contributed by atoms with E-state index in [9.17, 15) is 19.7 Å². The summed E-state index contributed by atoms with van der Waals surface area (Å²) in [6.07, 6.45) is 0.664.